The van der Waals surface area contributed by atoms with E-state index in [4.69, 9.17) is 5.73 Å². The van der Waals surface area contributed by atoms with Gasteiger partial charge < -0.3 is 11.1 Å². The third-order valence-electron chi connectivity index (χ3n) is 3.18. The van der Waals surface area contributed by atoms with Crippen molar-refractivity contribution in [2.24, 2.45) is 11.7 Å². The van der Waals surface area contributed by atoms with Gasteiger partial charge in [-0.25, -0.2) is 0 Å². The molecule has 1 atom stereocenters. The fourth-order valence-corrected chi connectivity index (χ4v) is 1.83. The highest BCUT2D eigenvalue weighted by molar-refractivity contribution is 5.85. The maximum Gasteiger partial charge on any atom is 0.220 e. The Bertz CT molecular complexity index is 184. The molecule has 0 aliphatic heterocycles. The Kier molecular flexibility index (Phi) is 13.7. The molecule has 3 N–H and O–H groups in total. The van der Waals surface area contributed by atoms with Crippen molar-refractivity contribution in [2.45, 2.75) is 65.3 Å². The molecule has 0 bridgehead atoms. The minimum absolute atomic E-state index is 0. The highest BCUT2D eigenvalue weighted by atomic mass is 35.5. The quantitative estimate of drug-likeness (QED) is 0.673. The first-order valence-electron chi connectivity index (χ1n) is 6.67. The van der Waals surface area contributed by atoms with E-state index in [1.165, 1.54) is 0 Å². The first kappa shape index (κ1) is 19.1. The van der Waals surface area contributed by atoms with E-state index in [-0.39, 0.29) is 24.4 Å². The summed E-state index contributed by atoms with van der Waals surface area (Å²) in [6, 6.07) is 0.168. The molecule has 4 heteroatoms. The molecule has 0 aromatic heterocycles. The average molecular weight is 265 g/mol. The molecule has 17 heavy (non-hydrogen) atoms. The number of halogens is 1. The van der Waals surface area contributed by atoms with Gasteiger partial charge in [-0.1, -0.05) is 46.5 Å². The molecule has 0 saturated carbocycles. The van der Waals surface area contributed by atoms with Gasteiger partial charge in [-0.05, 0) is 12.3 Å². The Labute approximate surface area is 112 Å². The fourth-order valence-electron chi connectivity index (χ4n) is 1.83. The molecule has 1 amide bonds. The van der Waals surface area contributed by atoms with Crippen molar-refractivity contribution in [2.75, 3.05) is 6.54 Å². The Balaban J connectivity index is 0. The summed E-state index contributed by atoms with van der Waals surface area (Å²) in [4.78, 5) is 11.7. The van der Waals surface area contributed by atoms with Gasteiger partial charge in [0, 0.05) is 19.0 Å². The molecule has 0 aromatic carbocycles. The Hall–Kier alpha value is -0.280. The van der Waals surface area contributed by atoms with Gasteiger partial charge in [0.05, 0.1) is 0 Å². The number of hydrogen-bond acceptors (Lipinski definition) is 2. The number of carbonyl (C=O) groups excluding carboxylic acids is 1. The second kappa shape index (κ2) is 12.2. The third kappa shape index (κ3) is 9.42. The van der Waals surface area contributed by atoms with Crippen molar-refractivity contribution in [3.05, 3.63) is 0 Å². The monoisotopic (exact) mass is 264 g/mol. The average Bonchev–Trinajstić information content (AvgIpc) is 2.31. The lowest BCUT2D eigenvalue weighted by Gasteiger charge is -2.18. The van der Waals surface area contributed by atoms with Crippen molar-refractivity contribution in [3.63, 3.8) is 0 Å². The zero-order chi connectivity index (χ0) is 12.4. The van der Waals surface area contributed by atoms with Crippen LogP contribution < -0.4 is 11.1 Å². The second-order valence-corrected chi connectivity index (χ2v) is 4.53. The van der Waals surface area contributed by atoms with Crippen molar-refractivity contribution in [3.8, 4) is 0 Å². The molecule has 0 spiro atoms. The van der Waals surface area contributed by atoms with Crippen LogP contribution >= 0.6 is 12.4 Å². The molecule has 0 radical (unpaired) electrons. The number of rotatable bonds is 9. The fraction of sp³-hybridized carbons (Fsp3) is 0.923. The van der Waals surface area contributed by atoms with Gasteiger partial charge in [0.1, 0.15) is 0 Å². The molecular formula is C13H29ClN2O. The first-order chi connectivity index (χ1) is 7.67. The summed E-state index contributed by atoms with van der Waals surface area (Å²) < 4.78 is 0. The lowest BCUT2D eigenvalue weighted by molar-refractivity contribution is -0.122. The van der Waals surface area contributed by atoms with Crippen molar-refractivity contribution < 1.29 is 4.79 Å². The van der Waals surface area contributed by atoms with Gasteiger partial charge in [0.25, 0.3) is 0 Å². The topological polar surface area (TPSA) is 55.1 Å². The van der Waals surface area contributed by atoms with E-state index in [2.05, 4.69) is 26.1 Å². The summed E-state index contributed by atoms with van der Waals surface area (Å²) in [7, 11) is 0. The van der Waals surface area contributed by atoms with E-state index in [1.54, 1.807) is 0 Å². The van der Waals surface area contributed by atoms with Crippen LogP contribution in [0.4, 0.5) is 0 Å². The number of unbranched alkanes of at least 4 members (excludes halogenated alkanes) is 1. The van der Waals surface area contributed by atoms with E-state index < -0.39 is 0 Å². The normalized spacial score (nSPS) is 12.1. The second-order valence-electron chi connectivity index (χ2n) is 4.53. The summed E-state index contributed by atoms with van der Waals surface area (Å²) >= 11 is 0. The Morgan fingerprint density at radius 1 is 1.24 bits per heavy atom. The molecule has 0 aliphatic carbocycles. The summed E-state index contributed by atoms with van der Waals surface area (Å²) in [6.45, 7) is 6.98. The van der Waals surface area contributed by atoms with Crippen LogP contribution in [-0.4, -0.2) is 18.5 Å². The summed E-state index contributed by atoms with van der Waals surface area (Å²) in [5.74, 6) is 0.685. The molecule has 3 nitrogen and oxygen atoms in total. The molecule has 0 aromatic rings. The van der Waals surface area contributed by atoms with Gasteiger partial charge in [-0.15, -0.1) is 12.4 Å². The predicted octanol–water partition coefficient (Wildman–Crippen LogP) is 2.87. The van der Waals surface area contributed by atoms with Gasteiger partial charge in [0.2, 0.25) is 5.91 Å². The van der Waals surface area contributed by atoms with Crippen LogP contribution in [0.1, 0.15) is 59.3 Å². The molecular weight excluding hydrogens is 236 g/mol. The highest BCUT2D eigenvalue weighted by Crippen LogP contribution is 2.12. The van der Waals surface area contributed by atoms with E-state index in [0.29, 0.717) is 18.9 Å². The van der Waals surface area contributed by atoms with Crippen LogP contribution in [0, 0.1) is 5.92 Å². The zero-order valence-corrected chi connectivity index (χ0v) is 12.3. The minimum atomic E-state index is 0. The number of nitrogens with one attached hydrogen (secondary N) is 1. The summed E-state index contributed by atoms with van der Waals surface area (Å²) in [5.41, 5.74) is 5.64. The number of carbonyl (C=O) groups is 1. The van der Waals surface area contributed by atoms with Gasteiger partial charge in [0.15, 0.2) is 0 Å². The summed E-state index contributed by atoms with van der Waals surface area (Å²) in [6.07, 6.45) is 6.08. The molecule has 1 unspecified atom stereocenters. The van der Waals surface area contributed by atoms with Crippen LogP contribution in [0.5, 0.6) is 0 Å². The molecule has 0 rings (SSSR count). The number of hydrogen-bond donors (Lipinski definition) is 2. The molecule has 0 saturated heterocycles. The molecule has 104 valence electrons. The maximum atomic E-state index is 11.7. The van der Waals surface area contributed by atoms with Crippen LogP contribution in [0.25, 0.3) is 0 Å². The Morgan fingerprint density at radius 2 is 1.82 bits per heavy atom. The number of nitrogens with two attached hydrogens (primary N) is 1. The van der Waals surface area contributed by atoms with E-state index in [9.17, 15) is 4.79 Å². The standard InChI is InChI=1S/C13H28N2O.ClH/c1-4-7-8-12(10-14)15-13(16)9-11(5-2)6-3;/h11-12H,4-10,14H2,1-3H3,(H,15,16);1H. The van der Waals surface area contributed by atoms with Gasteiger partial charge in [-0.3, -0.25) is 4.79 Å². The van der Waals surface area contributed by atoms with Crippen LogP contribution in [-0.2, 0) is 4.79 Å². The van der Waals surface area contributed by atoms with E-state index in [0.717, 1.165) is 32.1 Å². The van der Waals surface area contributed by atoms with E-state index in [1.807, 2.05) is 0 Å². The molecule has 0 heterocycles. The van der Waals surface area contributed by atoms with Crippen LogP contribution in [0.3, 0.4) is 0 Å². The lowest BCUT2D eigenvalue weighted by atomic mass is 9.99. The lowest BCUT2D eigenvalue weighted by Crippen LogP contribution is -2.40. The summed E-state index contributed by atoms with van der Waals surface area (Å²) in [5, 5.41) is 3.04. The smallest absolute Gasteiger partial charge is 0.220 e. The van der Waals surface area contributed by atoms with Gasteiger partial charge in [-0.2, -0.15) is 0 Å². The maximum absolute atomic E-state index is 11.7. The van der Waals surface area contributed by atoms with Crippen molar-refractivity contribution >= 4 is 18.3 Å². The van der Waals surface area contributed by atoms with Gasteiger partial charge >= 0.3 is 0 Å². The van der Waals surface area contributed by atoms with Crippen molar-refractivity contribution in [1.82, 2.24) is 5.32 Å². The van der Waals surface area contributed by atoms with Crippen LogP contribution in [0.15, 0.2) is 0 Å². The predicted molar refractivity (Wildman–Crippen MR) is 76.4 cm³/mol. The Morgan fingerprint density at radius 3 is 2.24 bits per heavy atom. The number of amides is 1. The largest absolute Gasteiger partial charge is 0.352 e. The van der Waals surface area contributed by atoms with E-state index >= 15 is 0 Å². The van der Waals surface area contributed by atoms with Crippen LogP contribution in [0.2, 0.25) is 0 Å². The third-order valence-corrected chi connectivity index (χ3v) is 3.18. The first-order valence-corrected chi connectivity index (χ1v) is 6.67. The zero-order valence-electron chi connectivity index (χ0n) is 11.5. The molecule has 0 fully saturated rings. The molecule has 0 aliphatic rings. The minimum Gasteiger partial charge on any atom is -0.352 e. The highest BCUT2D eigenvalue weighted by Gasteiger charge is 2.13. The SMILES string of the molecule is CCCCC(CN)NC(=O)CC(CC)CC.Cl. The van der Waals surface area contributed by atoms with Crippen molar-refractivity contribution in [1.29, 1.82) is 0 Å².